The quantitative estimate of drug-likeness (QED) is 0.653. The number of nitrogens with zero attached hydrogens (tertiary/aromatic N) is 1. The first-order valence-corrected chi connectivity index (χ1v) is 10.2. The van der Waals surface area contributed by atoms with Crippen molar-refractivity contribution in [1.82, 2.24) is 10.2 Å². The Kier molecular flexibility index (Phi) is 6.68. The molecule has 0 spiro atoms. The number of aliphatic hydroxyl groups is 2. The third kappa shape index (κ3) is 4.36. The first-order chi connectivity index (χ1) is 13.5. The van der Waals surface area contributed by atoms with E-state index in [-0.39, 0.29) is 6.04 Å². The molecule has 1 aromatic heterocycles. The van der Waals surface area contributed by atoms with Crippen molar-refractivity contribution in [2.45, 2.75) is 44.4 Å². The van der Waals surface area contributed by atoms with E-state index in [1.54, 1.807) is 11.0 Å². The van der Waals surface area contributed by atoms with Crippen LogP contribution in [-0.2, 0) is 22.4 Å². The molecule has 2 aromatic rings. The van der Waals surface area contributed by atoms with Crippen molar-refractivity contribution in [1.29, 1.82) is 0 Å². The fraction of sp³-hybridized carbons (Fsp3) is 0.429. The summed E-state index contributed by atoms with van der Waals surface area (Å²) in [6, 6.07) is 12.4. The lowest BCUT2D eigenvalue weighted by atomic mass is 9.90. The SMILES string of the molecule is CCC1c2ccccc2CCN1C(=O)[C@H](O)[C@@H](O)C(=O)NCCc1cc#cs1. The summed E-state index contributed by atoms with van der Waals surface area (Å²) in [7, 11) is 0. The average molecular weight is 401 g/mol. The molecule has 0 saturated carbocycles. The molecule has 3 rings (SSSR count). The monoisotopic (exact) mass is 400 g/mol. The summed E-state index contributed by atoms with van der Waals surface area (Å²) >= 11 is 1.41. The van der Waals surface area contributed by atoms with Crippen molar-refractivity contribution >= 4 is 23.2 Å². The first-order valence-electron chi connectivity index (χ1n) is 9.41. The highest BCUT2D eigenvalue weighted by atomic mass is 32.1. The van der Waals surface area contributed by atoms with Crippen LogP contribution in [0.15, 0.2) is 30.3 Å². The largest absolute Gasteiger partial charge is 0.380 e. The number of hydrogen-bond donors (Lipinski definition) is 3. The lowest BCUT2D eigenvalue weighted by Gasteiger charge is -2.38. The predicted octanol–water partition coefficient (Wildman–Crippen LogP) is 1.26. The van der Waals surface area contributed by atoms with Gasteiger partial charge in [0.1, 0.15) is 0 Å². The van der Waals surface area contributed by atoms with Crippen molar-refractivity contribution in [3.63, 3.8) is 0 Å². The van der Waals surface area contributed by atoms with Gasteiger partial charge < -0.3 is 20.4 Å². The minimum Gasteiger partial charge on any atom is -0.380 e. The summed E-state index contributed by atoms with van der Waals surface area (Å²) < 4.78 is 0. The maximum Gasteiger partial charge on any atom is 0.255 e. The van der Waals surface area contributed by atoms with Crippen LogP contribution in [0.2, 0.25) is 0 Å². The van der Waals surface area contributed by atoms with E-state index in [9.17, 15) is 19.8 Å². The molecule has 0 aliphatic carbocycles. The van der Waals surface area contributed by atoms with Gasteiger partial charge in [-0.2, -0.15) is 0 Å². The Balaban J connectivity index is 1.60. The van der Waals surface area contributed by atoms with Gasteiger partial charge in [-0.1, -0.05) is 48.6 Å². The average Bonchev–Trinajstić information content (AvgIpc) is 3.24. The second-order valence-electron chi connectivity index (χ2n) is 6.79. The molecule has 2 heterocycles. The highest BCUT2D eigenvalue weighted by Gasteiger charge is 2.37. The Morgan fingerprint density at radius 1 is 1.32 bits per heavy atom. The molecule has 1 aromatic carbocycles. The summed E-state index contributed by atoms with van der Waals surface area (Å²) in [6.45, 7) is 2.72. The number of carbonyl (C=O) groups is 2. The summed E-state index contributed by atoms with van der Waals surface area (Å²) in [5.41, 5.74) is 2.24. The van der Waals surface area contributed by atoms with E-state index >= 15 is 0 Å². The van der Waals surface area contributed by atoms with Gasteiger partial charge in [0.25, 0.3) is 11.8 Å². The first kappa shape index (κ1) is 20.3. The van der Waals surface area contributed by atoms with E-state index in [0.717, 1.165) is 10.4 Å². The van der Waals surface area contributed by atoms with E-state index < -0.39 is 24.0 Å². The topological polar surface area (TPSA) is 89.9 Å². The minimum atomic E-state index is -1.80. The number of aliphatic hydroxyl groups excluding tert-OH is 2. The van der Waals surface area contributed by atoms with Crippen molar-refractivity contribution in [2.24, 2.45) is 0 Å². The lowest BCUT2D eigenvalue weighted by Crippen LogP contribution is -2.53. The maximum atomic E-state index is 12.8. The highest BCUT2D eigenvalue weighted by molar-refractivity contribution is 7.08. The zero-order chi connectivity index (χ0) is 20.1. The number of amides is 2. The summed E-state index contributed by atoms with van der Waals surface area (Å²) in [4.78, 5) is 27.5. The molecule has 7 heteroatoms. The van der Waals surface area contributed by atoms with E-state index in [1.165, 1.54) is 16.9 Å². The van der Waals surface area contributed by atoms with Crippen molar-refractivity contribution < 1.29 is 19.8 Å². The van der Waals surface area contributed by atoms with Crippen LogP contribution in [0.5, 0.6) is 0 Å². The van der Waals surface area contributed by atoms with Gasteiger partial charge in [0.15, 0.2) is 12.2 Å². The van der Waals surface area contributed by atoms with Crippen LogP contribution in [0.25, 0.3) is 0 Å². The molecular weight excluding hydrogens is 376 g/mol. The Labute approximate surface area is 168 Å². The molecule has 0 radical (unpaired) electrons. The number of carbonyl (C=O) groups excluding carboxylic acids is 2. The third-order valence-corrected chi connectivity index (χ3v) is 5.85. The van der Waals surface area contributed by atoms with Gasteiger partial charge in [0, 0.05) is 30.5 Å². The molecule has 3 N–H and O–H groups in total. The zero-order valence-electron chi connectivity index (χ0n) is 15.7. The fourth-order valence-electron chi connectivity index (χ4n) is 3.58. The Bertz CT molecular complexity index is 808. The standard InChI is InChI=1S/C21H24N2O4S/c1-2-17-16-8-4-3-6-14(16)10-12-23(17)21(27)19(25)18(24)20(26)22-11-9-15-7-5-13-28-15/h3-4,6-8,17-19,24-25H,2,9-12H2,1H3,(H,22,26)/t17?,18-,19-/m1/s1. The van der Waals surface area contributed by atoms with Crippen LogP contribution < -0.4 is 5.32 Å². The van der Waals surface area contributed by atoms with E-state index in [0.29, 0.717) is 32.4 Å². The molecule has 0 bridgehead atoms. The molecule has 0 fully saturated rings. The van der Waals surface area contributed by atoms with Crippen LogP contribution in [0.3, 0.4) is 0 Å². The molecule has 1 aliphatic rings. The summed E-state index contributed by atoms with van der Waals surface area (Å²) in [6.07, 6.45) is -1.64. The van der Waals surface area contributed by atoms with Gasteiger partial charge in [0.2, 0.25) is 0 Å². The predicted molar refractivity (Wildman–Crippen MR) is 106 cm³/mol. The van der Waals surface area contributed by atoms with Gasteiger partial charge in [-0.25, -0.2) is 0 Å². The third-order valence-electron chi connectivity index (χ3n) is 5.05. The van der Waals surface area contributed by atoms with E-state index in [1.807, 2.05) is 31.2 Å². The minimum absolute atomic E-state index is 0.173. The summed E-state index contributed by atoms with van der Waals surface area (Å²) in [5, 5.41) is 25.9. The smallest absolute Gasteiger partial charge is 0.255 e. The second-order valence-corrected chi connectivity index (χ2v) is 7.73. The van der Waals surface area contributed by atoms with Gasteiger partial charge in [-0.05, 0) is 29.3 Å². The van der Waals surface area contributed by atoms with Gasteiger partial charge in [-0.3, -0.25) is 9.59 Å². The molecule has 1 unspecified atom stereocenters. The number of hydrogen-bond acceptors (Lipinski definition) is 5. The Morgan fingerprint density at radius 2 is 2.11 bits per heavy atom. The lowest BCUT2D eigenvalue weighted by molar-refractivity contribution is -0.155. The molecule has 6 nitrogen and oxygen atoms in total. The number of rotatable bonds is 7. The molecule has 3 atom stereocenters. The van der Waals surface area contributed by atoms with Crippen molar-refractivity contribution in [3.8, 4) is 0 Å². The van der Waals surface area contributed by atoms with Crippen LogP contribution in [0.4, 0.5) is 0 Å². The zero-order valence-corrected chi connectivity index (χ0v) is 16.5. The molecule has 2 amide bonds. The van der Waals surface area contributed by atoms with Crippen LogP contribution in [-0.4, -0.2) is 52.2 Å². The van der Waals surface area contributed by atoms with Crippen molar-refractivity contribution in [2.75, 3.05) is 13.1 Å². The van der Waals surface area contributed by atoms with Crippen molar-refractivity contribution in [3.05, 3.63) is 57.8 Å². The van der Waals surface area contributed by atoms with Crippen LogP contribution in [0, 0.1) is 11.4 Å². The van der Waals surface area contributed by atoms with Gasteiger partial charge in [-0.15, -0.1) is 0 Å². The summed E-state index contributed by atoms with van der Waals surface area (Å²) in [5.74, 6) is -1.37. The molecular formula is C21H24N2O4S. The van der Waals surface area contributed by atoms with Crippen LogP contribution in [0.1, 0.15) is 35.4 Å². The van der Waals surface area contributed by atoms with Gasteiger partial charge in [0.05, 0.1) is 6.04 Å². The molecule has 1 aliphatic heterocycles. The number of benzene rings is 1. The molecule has 0 saturated heterocycles. The maximum absolute atomic E-state index is 12.8. The second kappa shape index (κ2) is 9.20. The van der Waals surface area contributed by atoms with Crippen LogP contribution >= 0.6 is 11.3 Å². The number of fused-ring (bicyclic) bond motifs is 1. The Morgan fingerprint density at radius 3 is 2.82 bits per heavy atom. The normalized spacial score (nSPS) is 18.0. The molecule has 148 valence electrons. The van der Waals surface area contributed by atoms with E-state index in [2.05, 4.69) is 16.8 Å². The van der Waals surface area contributed by atoms with E-state index in [4.69, 9.17) is 0 Å². The number of nitrogens with one attached hydrogen (secondary N) is 1. The highest BCUT2D eigenvalue weighted by Crippen LogP contribution is 2.32. The Hall–Kier alpha value is -2.40. The fourth-order valence-corrected chi connectivity index (χ4v) is 4.15. The molecule has 28 heavy (non-hydrogen) atoms. The van der Waals surface area contributed by atoms with Gasteiger partial charge >= 0.3 is 0 Å².